The first-order valence-electron chi connectivity index (χ1n) is 6.87. The van der Waals surface area contributed by atoms with E-state index in [-0.39, 0.29) is 19.2 Å². The SMILES string of the molecule is COc1ncccc1NC(=O)N(CCCO)CC(OC)OC. The lowest BCUT2D eigenvalue weighted by atomic mass is 10.3. The van der Waals surface area contributed by atoms with Crippen molar-refractivity contribution in [3.63, 3.8) is 0 Å². The van der Waals surface area contributed by atoms with Crippen LogP contribution >= 0.6 is 0 Å². The molecule has 0 saturated heterocycles. The van der Waals surface area contributed by atoms with Gasteiger partial charge in [-0.2, -0.15) is 0 Å². The normalized spacial score (nSPS) is 10.6. The summed E-state index contributed by atoms with van der Waals surface area (Å²) in [7, 11) is 4.48. The van der Waals surface area contributed by atoms with E-state index in [9.17, 15) is 4.79 Å². The quantitative estimate of drug-likeness (QED) is 0.659. The van der Waals surface area contributed by atoms with Crippen molar-refractivity contribution in [3.05, 3.63) is 18.3 Å². The van der Waals surface area contributed by atoms with Gasteiger partial charge in [0.1, 0.15) is 5.69 Å². The number of anilines is 1. The number of urea groups is 1. The van der Waals surface area contributed by atoms with Gasteiger partial charge in [0.25, 0.3) is 0 Å². The molecule has 1 heterocycles. The molecule has 0 aliphatic rings. The summed E-state index contributed by atoms with van der Waals surface area (Å²) >= 11 is 0. The predicted molar refractivity (Wildman–Crippen MR) is 80.9 cm³/mol. The van der Waals surface area contributed by atoms with Crippen molar-refractivity contribution in [2.45, 2.75) is 12.7 Å². The first-order chi connectivity index (χ1) is 10.7. The maximum Gasteiger partial charge on any atom is 0.322 e. The number of hydrogen-bond acceptors (Lipinski definition) is 6. The summed E-state index contributed by atoms with van der Waals surface area (Å²) in [4.78, 5) is 17.9. The van der Waals surface area contributed by atoms with Crippen LogP contribution in [0, 0.1) is 0 Å². The molecule has 1 rings (SSSR count). The van der Waals surface area contributed by atoms with Gasteiger partial charge in [-0.05, 0) is 18.6 Å². The topological polar surface area (TPSA) is 93.2 Å². The highest BCUT2D eigenvalue weighted by Crippen LogP contribution is 2.20. The monoisotopic (exact) mass is 313 g/mol. The smallest absolute Gasteiger partial charge is 0.322 e. The van der Waals surface area contributed by atoms with Gasteiger partial charge < -0.3 is 29.5 Å². The molecule has 0 unspecified atom stereocenters. The second kappa shape index (κ2) is 9.93. The lowest BCUT2D eigenvalue weighted by Crippen LogP contribution is -2.42. The summed E-state index contributed by atoms with van der Waals surface area (Å²) in [6.07, 6.45) is 1.49. The van der Waals surface area contributed by atoms with Gasteiger partial charge >= 0.3 is 6.03 Å². The zero-order valence-corrected chi connectivity index (χ0v) is 13.1. The van der Waals surface area contributed by atoms with Crippen LogP contribution in [0.2, 0.25) is 0 Å². The summed E-state index contributed by atoms with van der Waals surface area (Å²) < 4.78 is 15.3. The van der Waals surface area contributed by atoms with E-state index in [1.807, 2.05) is 0 Å². The van der Waals surface area contributed by atoms with Gasteiger partial charge in [0.05, 0.1) is 13.7 Å². The fraction of sp³-hybridized carbons (Fsp3) is 0.571. The molecule has 0 spiro atoms. The van der Waals surface area contributed by atoms with Gasteiger partial charge in [0, 0.05) is 33.6 Å². The third-order valence-corrected chi connectivity index (χ3v) is 2.97. The number of hydrogen-bond donors (Lipinski definition) is 2. The molecule has 2 N–H and O–H groups in total. The minimum absolute atomic E-state index is 0.00930. The predicted octanol–water partition coefficient (Wildman–Crippen LogP) is 0.925. The molecule has 8 nitrogen and oxygen atoms in total. The molecular weight excluding hydrogens is 290 g/mol. The Kier molecular flexibility index (Phi) is 8.19. The van der Waals surface area contributed by atoms with E-state index < -0.39 is 6.29 Å². The summed E-state index contributed by atoms with van der Waals surface area (Å²) in [5, 5.41) is 11.7. The van der Waals surface area contributed by atoms with Crippen LogP contribution in [-0.2, 0) is 9.47 Å². The number of methoxy groups -OCH3 is 3. The van der Waals surface area contributed by atoms with Crippen molar-refractivity contribution in [3.8, 4) is 5.88 Å². The number of nitrogens with zero attached hydrogens (tertiary/aromatic N) is 2. The fourth-order valence-corrected chi connectivity index (χ4v) is 1.81. The third kappa shape index (κ3) is 5.47. The first kappa shape index (κ1) is 18.1. The van der Waals surface area contributed by atoms with Crippen LogP contribution in [0.3, 0.4) is 0 Å². The molecule has 0 bridgehead atoms. The standard InChI is InChI=1S/C14H23N3O5/c1-20-12(21-2)10-17(8-5-9-18)14(19)16-11-6-4-7-15-13(11)22-3/h4,6-7,12,18H,5,8-10H2,1-3H3,(H,16,19). The number of ether oxygens (including phenoxy) is 3. The highest BCUT2D eigenvalue weighted by Gasteiger charge is 2.19. The molecule has 124 valence electrons. The molecule has 0 atom stereocenters. The van der Waals surface area contributed by atoms with E-state index in [1.165, 1.54) is 26.2 Å². The Morgan fingerprint density at radius 3 is 2.73 bits per heavy atom. The van der Waals surface area contributed by atoms with Gasteiger partial charge in [-0.3, -0.25) is 0 Å². The Morgan fingerprint density at radius 1 is 1.41 bits per heavy atom. The van der Waals surface area contributed by atoms with Crippen LogP contribution in [0.5, 0.6) is 5.88 Å². The summed E-state index contributed by atoms with van der Waals surface area (Å²) in [6, 6.07) is 3.04. The second-order valence-electron chi connectivity index (χ2n) is 4.41. The number of pyridine rings is 1. The number of aliphatic hydroxyl groups is 1. The van der Waals surface area contributed by atoms with E-state index in [0.29, 0.717) is 24.5 Å². The molecular formula is C14H23N3O5. The number of amides is 2. The molecule has 1 aromatic heterocycles. The van der Waals surface area contributed by atoms with Crippen molar-refractivity contribution in [2.75, 3.05) is 46.3 Å². The van der Waals surface area contributed by atoms with Gasteiger partial charge in [-0.25, -0.2) is 9.78 Å². The molecule has 22 heavy (non-hydrogen) atoms. The first-order valence-corrected chi connectivity index (χ1v) is 6.87. The van der Waals surface area contributed by atoms with Crippen molar-refractivity contribution in [1.29, 1.82) is 0 Å². The van der Waals surface area contributed by atoms with Crippen molar-refractivity contribution in [1.82, 2.24) is 9.88 Å². The molecule has 0 aromatic carbocycles. The fourth-order valence-electron chi connectivity index (χ4n) is 1.81. The Balaban J connectivity index is 2.77. The van der Waals surface area contributed by atoms with Crippen LogP contribution in [0.4, 0.5) is 10.5 Å². The van der Waals surface area contributed by atoms with Crippen LogP contribution in [0.15, 0.2) is 18.3 Å². The maximum absolute atomic E-state index is 12.4. The molecule has 8 heteroatoms. The largest absolute Gasteiger partial charge is 0.480 e. The summed E-state index contributed by atoms with van der Waals surface area (Å²) in [5.74, 6) is 0.327. The molecule has 0 aliphatic heterocycles. The van der Waals surface area contributed by atoms with Gasteiger partial charge in [-0.1, -0.05) is 0 Å². The summed E-state index contributed by atoms with van der Waals surface area (Å²) in [6.45, 7) is 0.597. The molecule has 1 aromatic rings. The average molecular weight is 313 g/mol. The highest BCUT2D eigenvalue weighted by atomic mass is 16.7. The van der Waals surface area contributed by atoms with E-state index in [4.69, 9.17) is 19.3 Å². The number of aliphatic hydroxyl groups excluding tert-OH is 1. The van der Waals surface area contributed by atoms with E-state index in [1.54, 1.807) is 18.3 Å². The number of aromatic nitrogens is 1. The van der Waals surface area contributed by atoms with Crippen LogP contribution in [-0.4, -0.2) is 68.3 Å². The molecule has 0 radical (unpaired) electrons. The van der Waals surface area contributed by atoms with E-state index >= 15 is 0 Å². The Bertz CT molecular complexity index is 454. The van der Waals surface area contributed by atoms with Crippen molar-refractivity contribution < 1.29 is 24.1 Å². The lowest BCUT2D eigenvalue weighted by molar-refractivity contribution is -0.111. The van der Waals surface area contributed by atoms with Crippen LogP contribution < -0.4 is 10.1 Å². The van der Waals surface area contributed by atoms with E-state index in [2.05, 4.69) is 10.3 Å². The Morgan fingerprint density at radius 2 is 2.14 bits per heavy atom. The minimum Gasteiger partial charge on any atom is -0.480 e. The number of carbonyl (C=O) groups excluding carboxylic acids is 1. The summed E-state index contributed by atoms with van der Waals surface area (Å²) in [5.41, 5.74) is 0.468. The molecule has 2 amide bonds. The number of nitrogens with one attached hydrogen (secondary N) is 1. The lowest BCUT2D eigenvalue weighted by Gasteiger charge is -2.26. The van der Waals surface area contributed by atoms with Crippen LogP contribution in [0.25, 0.3) is 0 Å². The average Bonchev–Trinajstić information content (AvgIpc) is 2.55. The minimum atomic E-state index is -0.541. The molecule has 0 fully saturated rings. The third-order valence-electron chi connectivity index (χ3n) is 2.97. The maximum atomic E-state index is 12.4. The Labute approximate surface area is 130 Å². The number of carbonyl (C=O) groups is 1. The number of rotatable bonds is 9. The van der Waals surface area contributed by atoms with Crippen molar-refractivity contribution in [2.24, 2.45) is 0 Å². The van der Waals surface area contributed by atoms with Gasteiger partial charge in [0.15, 0.2) is 6.29 Å². The molecule has 0 aliphatic carbocycles. The Hall–Kier alpha value is -1.90. The molecule has 0 saturated carbocycles. The van der Waals surface area contributed by atoms with Crippen LogP contribution in [0.1, 0.15) is 6.42 Å². The zero-order chi connectivity index (χ0) is 16.4. The second-order valence-corrected chi connectivity index (χ2v) is 4.41. The van der Waals surface area contributed by atoms with Crippen molar-refractivity contribution >= 4 is 11.7 Å². The zero-order valence-electron chi connectivity index (χ0n) is 13.1. The van der Waals surface area contributed by atoms with Gasteiger partial charge in [-0.15, -0.1) is 0 Å². The highest BCUT2D eigenvalue weighted by molar-refractivity contribution is 5.90. The van der Waals surface area contributed by atoms with Gasteiger partial charge in [0.2, 0.25) is 5.88 Å². The van der Waals surface area contributed by atoms with E-state index in [0.717, 1.165) is 0 Å².